The van der Waals surface area contributed by atoms with Gasteiger partial charge >= 0.3 is 7.12 Å². The molecule has 0 unspecified atom stereocenters. The molecule has 5 heterocycles. The summed E-state index contributed by atoms with van der Waals surface area (Å²) in [4.78, 5) is 41.4. The fourth-order valence-electron chi connectivity index (χ4n) is 7.50. The van der Waals surface area contributed by atoms with Crippen molar-refractivity contribution in [2.24, 2.45) is 11.8 Å². The number of anilines is 2. The fourth-order valence-corrected chi connectivity index (χ4v) is 7.83. The minimum Gasteiger partial charge on any atom is -0.508 e. The number of aromatic hydroxyl groups is 2. The Morgan fingerprint density at radius 2 is 1.06 bits per heavy atom. The summed E-state index contributed by atoms with van der Waals surface area (Å²) in [5, 5.41) is 39.8. The van der Waals surface area contributed by atoms with E-state index in [9.17, 15) is 30.0 Å². The number of halogens is 1. The zero-order chi connectivity index (χ0) is 46.8. The highest BCUT2D eigenvalue weighted by atomic mass is 79.9. The third-order valence-corrected chi connectivity index (χ3v) is 12.3. The highest BCUT2D eigenvalue weighted by Crippen LogP contribution is 2.37. The smallest absolute Gasteiger partial charge is 0.498 e. The Balaban J connectivity index is 0.000000187. The quantitative estimate of drug-likeness (QED) is 0.107. The predicted octanol–water partition coefficient (Wildman–Crippen LogP) is 6.10. The van der Waals surface area contributed by atoms with Crippen molar-refractivity contribution < 1.29 is 39.3 Å². The number of rotatable bonds is 10. The molecule has 2 aromatic heterocycles. The topological polar surface area (TPSA) is 172 Å². The number of piperazine rings is 2. The van der Waals surface area contributed by atoms with E-state index in [2.05, 4.69) is 35.7 Å². The van der Waals surface area contributed by atoms with Crippen LogP contribution in [0, 0.1) is 11.8 Å². The molecule has 3 fully saturated rings. The monoisotopic (exact) mass is 944 g/mol. The molecule has 16 heteroatoms. The van der Waals surface area contributed by atoms with E-state index in [1.54, 1.807) is 34.1 Å². The molecule has 3 saturated heterocycles. The normalized spacial score (nSPS) is 17.9. The number of phenols is 2. The van der Waals surface area contributed by atoms with Gasteiger partial charge in [0.05, 0.1) is 16.9 Å². The van der Waals surface area contributed by atoms with E-state index in [0.29, 0.717) is 69.1 Å². The number of phenolic OH excluding ortho intramolecular Hbond substituents is 2. The van der Waals surface area contributed by atoms with Crippen LogP contribution in [0.1, 0.15) is 68.2 Å². The molecule has 2 atom stereocenters. The number of aromatic nitrogens is 2. The Kier molecular flexibility index (Phi) is 17.6. The van der Waals surface area contributed by atoms with Gasteiger partial charge in [-0.3, -0.25) is 9.59 Å². The summed E-state index contributed by atoms with van der Waals surface area (Å²) >= 11 is 3.37. The Morgan fingerprint density at radius 1 is 0.625 bits per heavy atom. The molecule has 0 radical (unpaired) electrons. The zero-order valence-electron chi connectivity index (χ0n) is 38.5. The number of para-hydroxylation sites is 2. The number of nitrogens with zero attached hydrogens (tertiary/aromatic N) is 6. The first-order valence-electron chi connectivity index (χ1n) is 22.2. The highest BCUT2D eigenvalue weighted by Gasteiger charge is 2.52. The number of aliphatic hydroxyl groups is 2. The lowest BCUT2D eigenvalue weighted by atomic mass is 9.78. The first-order chi connectivity index (χ1) is 30.3. The molecule has 3 aliphatic heterocycles. The lowest BCUT2D eigenvalue weighted by Gasteiger charge is -2.36. The van der Waals surface area contributed by atoms with Gasteiger partial charge in [0.1, 0.15) is 39.9 Å². The van der Waals surface area contributed by atoms with Crippen molar-refractivity contribution in [3.63, 3.8) is 0 Å². The lowest BCUT2D eigenvalue weighted by molar-refractivity contribution is -0.141. The van der Waals surface area contributed by atoms with Gasteiger partial charge in [-0.25, -0.2) is 9.97 Å². The van der Waals surface area contributed by atoms with Gasteiger partial charge in [-0.05, 0) is 111 Å². The second kappa shape index (κ2) is 22.4. The molecule has 4 aromatic rings. The van der Waals surface area contributed by atoms with Gasteiger partial charge in [-0.2, -0.15) is 0 Å². The molecular weight excluding hydrogens is 879 g/mol. The van der Waals surface area contributed by atoms with Crippen LogP contribution in [0.2, 0.25) is 0 Å². The van der Waals surface area contributed by atoms with Crippen LogP contribution in [0.3, 0.4) is 0 Å². The van der Waals surface area contributed by atoms with Crippen LogP contribution in [0.4, 0.5) is 11.6 Å². The summed E-state index contributed by atoms with van der Waals surface area (Å²) in [6.45, 7) is 21.2. The van der Waals surface area contributed by atoms with Crippen LogP contribution >= 0.6 is 15.9 Å². The van der Waals surface area contributed by atoms with Gasteiger partial charge in [0.15, 0.2) is 0 Å². The van der Waals surface area contributed by atoms with Crippen LogP contribution in [0.5, 0.6) is 11.5 Å². The third-order valence-electron chi connectivity index (χ3n) is 11.8. The maximum atomic E-state index is 12.4. The van der Waals surface area contributed by atoms with Crippen LogP contribution in [-0.2, 0) is 18.9 Å². The molecule has 3 aliphatic rings. The van der Waals surface area contributed by atoms with E-state index in [1.165, 1.54) is 0 Å². The van der Waals surface area contributed by atoms with Crippen LogP contribution in [0.25, 0.3) is 11.3 Å². The summed E-state index contributed by atoms with van der Waals surface area (Å²) in [6, 6.07) is 25.8. The number of hydrogen-bond donors (Lipinski definition) is 4. The standard InChI is InChI=1S/C21H27N3O3.C15H22BrN3O2.C12H17BO3/c1-15(2)14-19(26)21(27)24-12-10-23(11-13-24)20-9-5-7-17(22-20)16-6-3-4-8-18(16)25;1-11(2)10-12(20)15(21)19-8-6-18(7-9-19)14-5-3-4-13(16)17-14;1-11(2)12(3,4)16-13(15-11)9-7-5-6-8-10(9)14/h3-9,15,19,25-26H,10-14H2,1-2H3;3-5,11-12,20H,6-10H2,1-2H3;5-8,14H,1-4H3/t19-;12-;/m11./s1. The molecule has 0 bridgehead atoms. The number of benzene rings is 2. The van der Waals surface area contributed by atoms with Crippen LogP contribution < -0.4 is 15.3 Å². The second-order valence-electron chi connectivity index (χ2n) is 18.3. The molecule has 0 aliphatic carbocycles. The summed E-state index contributed by atoms with van der Waals surface area (Å²) in [5.41, 5.74) is 1.35. The zero-order valence-corrected chi connectivity index (χ0v) is 40.1. The Morgan fingerprint density at radius 3 is 1.52 bits per heavy atom. The fraction of sp³-hybridized carbons (Fsp3) is 0.500. The van der Waals surface area contributed by atoms with Gasteiger partial charge < -0.3 is 49.3 Å². The number of aliphatic hydroxyl groups excluding tert-OH is 2. The maximum absolute atomic E-state index is 12.4. The van der Waals surface area contributed by atoms with E-state index in [4.69, 9.17) is 9.31 Å². The van der Waals surface area contributed by atoms with Crippen molar-refractivity contribution in [2.75, 3.05) is 62.2 Å². The molecule has 4 N–H and O–H groups in total. The van der Waals surface area contributed by atoms with Gasteiger partial charge in [0, 0.05) is 63.4 Å². The van der Waals surface area contributed by atoms with Crippen molar-refractivity contribution in [1.82, 2.24) is 19.8 Å². The van der Waals surface area contributed by atoms with E-state index >= 15 is 0 Å². The number of amides is 2. The summed E-state index contributed by atoms with van der Waals surface area (Å²) in [6.07, 6.45) is -0.783. The number of pyridine rings is 2. The lowest BCUT2D eigenvalue weighted by Crippen LogP contribution is -2.51. The Labute approximate surface area is 387 Å². The van der Waals surface area contributed by atoms with E-state index in [1.807, 2.05) is 116 Å². The Hall–Kier alpha value is -4.74. The van der Waals surface area contributed by atoms with Crippen molar-refractivity contribution in [2.45, 2.75) is 91.6 Å². The van der Waals surface area contributed by atoms with Crippen LogP contribution in [-0.4, -0.2) is 135 Å². The first kappa shape index (κ1) is 50.3. The minimum atomic E-state index is -0.918. The van der Waals surface area contributed by atoms with Crippen molar-refractivity contribution in [3.8, 4) is 22.8 Å². The average molecular weight is 946 g/mol. The van der Waals surface area contributed by atoms with E-state index in [0.717, 1.165) is 35.0 Å². The summed E-state index contributed by atoms with van der Waals surface area (Å²) in [7, 11) is -0.494. The molecule has 0 saturated carbocycles. The molecule has 346 valence electrons. The number of carbonyl (C=O) groups is 2. The molecule has 2 aromatic carbocycles. The minimum absolute atomic E-state index is 0.148. The maximum Gasteiger partial charge on any atom is 0.498 e. The number of carbonyl (C=O) groups excluding carboxylic acids is 2. The molecule has 14 nitrogen and oxygen atoms in total. The molecular formula is C48H66BBrN6O8. The average Bonchev–Trinajstić information content (AvgIpc) is 3.48. The molecule has 64 heavy (non-hydrogen) atoms. The van der Waals surface area contributed by atoms with Crippen LogP contribution in [0.15, 0.2) is 89.5 Å². The Bertz CT molecular complexity index is 2130. The largest absolute Gasteiger partial charge is 0.508 e. The van der Waals surface area contributed by atoms with E-state index in [-0.39, 0.29) is 40.4 Å². The molecule has 0 spiro atoms. The van der Waals surface area contributed by atoms with Crippen molar-refractivity contribution in [3.05, 3.63) is 89.5 Å². The van der Waals surface area contributed by atoms with Gasteiger partial charge in [-0.15, -0.1) is 0 Å². The predicted molar refractivity (Wildman–Crippen MR) is 256 cm³/mol. The highest BCUT2D eigenvalue weighted by molar-refractivity contribution is 9.10. The summed E-state index contributed by atoms with van der Waals surface area (Å²) in [5.74, 6) is 2.43. The number of hydrogen-bond acceptors (Lipinski definition) is 12. The van der Waals surface area contributed by atoms with Crippen molar-refractivity contribution >= 4 is 52.0 Å². The summed E-state index contributed by atoms with van der Waals surface area (Å²) < 4.78 is 12.5. The SMILES string of the molecule is CC(C)C[C@@H](O)C(=O)N1CCN(c2cccc(-c3ccccc3O)n2)CC1.CC(C)C[C@@H](O)C(=O)N1CCN(c2cccc(Br)n2)CC1.CC1(C)OB(c2ccccc2O)OC1(C)C. The molecule has 2 amide bonds. The van der Waals surface area contributed by atoms with Gasteiger partial charge in [0.25, 0.3) is 11.8 Å². The second-order valence-corrected chi connectivity index (χ2v) is 19.1. The van der Waals surface area contributed by atoms with Gasteiger partial charge in [0.2, 0.25) is 0 Å². The van der Waals surface area contributed by atoms with Crippen molar-refractivity contribution in [1.29, 1.82) is 0 Å². The molecule has 7 rings (SSSR count). The van der Waals surface area contributed by atoms with Gasteiger partial charge in [-0.1, -0.05) is 70.2 Å². The van der Waals surface area contributed by atoms with E-state index < -0.39 is 19.3 Å². The first-order valence-corrected chi connectivity index (χ1v) is 23.0. The third kappa shape index (κ3) is 13.4.